The van der Waals surface area contributed by atoms with Crippen LogP contribution in [-0.2, 0) is 9.53 Å². The first-order valence-corrected chi connectivity index (χ1v) is 7.16. The third-order valence-electron chi connectivity index (χ3n) is 2.73. The van der Waals surface area contributed by atoms with Crippen molar-refractivity contribution in [1.82, 2.24) is 10.2 Å². The molecule has 6 nitrogen and oxygen atoms in total. The molecule has 7 heteroatoms. The van der Waals surface area contributed by atoms with E-state index in [0.29, 0.717) is 18.2 Å². The number of urea groups is 1. The maximum absolute atomic E-state index is 11.8. The summed E-state index contributed by atoms with van der Waals surface area (Å²) in [6.07, 6.45) is 2.85. The molecule has 1 atom stereocenters. The smallest absolute Gasteiger partial charge is 0.327 e. The molecular formula is C11H20N2O4S. The summed E-state index contributed by atoms with van der Waals surface area (Å²) in [6, 6.07) is -0.970. The number of rotatable bonds is 7. The summed E-state index contributed by atoms with van der Waals surface area (Å²) in [5, 5.41) is 11.7. The predicted molar refractivity (Wildman–Crippen MR) is 69.7 cm³/mol. The zero-order valence-corrected chi connectivity index (χ0v) is 11.4. The summed E-state index contributed by atoms with van der Waals surface area (Å²) in [5.74, 6) is -0.0152. The Bertz CT molecular complexity index is 288. The molecule has 0 unspecified atom stereocenters. The van der Waals surface area contributed by atoms with Crippen LogP contribution in [0.15, 0.2) is 0 Å². The zero-order chi connectivity index (χ0) is 13.4. The molecule has 0 aromatic carbocycles. The van der Waals surface area contributed by atoms with Crippen LogP contribution in [0.1, 0.15) is 19.3 Å². The number of thioether (sulfide) groups is 1. The van der Waals surface area contributed by atoms with Crippen LogP contribution in [0.3, 0.4) is 0 Å². The molecular weight excluding hydrogens is 256 g/mol. The maximum Gasteiger partial charge on any atom is 0.327 e. The van der Waals surface area contributed by atoms with E-state index in [-0.39, 0.29) is 6.03 Å². The number of hydrogen-bond acceptors (Lipinski definition) is 4. The van der Waals surface area contributed by atoms with Crippen LogP contribution in [0.4, 0.5) is 4.79 Å². The summed E-state index contributed by atoms with van der Waals surface area (Å²) in [7, 11) is 1.67. The fourth-order valence-corrected chi connectivity index (χ4v) is 2.84. The van der Waals surface area contributed by atoms with Crippen molar-refractivity contribution in [2.24, 2.45) is 0 Å². The number of carboxylic acid groups (broad SMARTS) is 1. The lowest BCUT2D eigenvalue weighted by molar-refractivity contribution is -0.140. The first kappa shape index (κ1) is 15.1. The van der Waals surface area contributed by atoms with E-state index in [4.69, 9.17) is 9.84 Å². The van der Waals surface area contributed by atoms with Crippen LogP contribution in [0.25, 0.3) is 0 Å². The minimum Gasteiger partial charge on any atom is -0.480 e. The largest absolute Gasteiger partial charge is 0.480 e. The number of hydrogen-bond donors (Lipinski definition) is 2. The van der Waals surface area contributed by atoms with Crippen LogP contribution < -0.4 is 5.32 Å². The molecule has 0 bridgehead atoms. The number of ether oxygens (including phenoxy) is 1. The van der Waals surface area contributed by atoms with Gasteiger partial charge in [0.25, 0.3) is 0 Å². The fourth-order valence-electron chi connectivity index (χ4n) is 1.69. The number of nitrogens with zero attached hydrogens (tertiary/aromatic N) is 1. The molecule has 1 heterocycles. The highest BCUT2D eigenvalue weighted by Gasteiger charge is 2.34. The molecule has 2 amide bonds. The number of carbonyl (C=O) groups excluding carboxylic acids is 1. The van der Waals surface area contributed by atoms with Crippen LogP contribution in [0.5, 0.6) is 0 Å². The Morgan fingerprint density at radius 3 is 2.89 bits per heavy atom. The first-order chi connectivity index (χ1) is 8.66. The monoisotopic (exact) mass is 276 g/mol. The number of methoxy groups -OCH3 is 1. The van der Waals surface area contributed by atoms with Gasteiger partial charge in [0.15, 0.2) is 0 Å². The van der Waals surface area contributed by atoms with E-state index in [1.807, 2.05) is 0 Å². The molecule has 0 saturated carbocycles. The van der Waals surface area contributed by atoms with Gasteiger partial charge >= 0.3 is 12.0 Å². The number of carboxylic acids is 1. The lowest BCUT2D eigenvalue weighted by Crippen LogP contribution is -2.47. The summed E-state index contributed by atoms with van der Waals surface area (Å²) < 4.78 is 4.93. The molecule has 0 radical (unpaired) electrons. The van der Waals surface area contributed by atoms with Crippen molar-refractivity contribution in [2.75, 3.05) is 31.9 Å². The van der Waals surface area contributed by atoms with Gasteiger partial charge in [0.1, 0.15) is 6.04 Å². The molecule has 0 aromatic heterocycles. The van der Waals surface area contributed by atoms with E-state index in [1.165, 1.54) is 16.7 Å². The predicted octanol–water partition coefficient (Wildman–Crippen LogP) is 0.972. The Hall–Kier alpha value is -0.950. The molecule has 0 aromatic rings. The van der Waals surface area contributed by atoms with Gasteiger partial charge in [-0.3, -0.25) is 0 Å². The topological polar surface area (TPSA) is 78.9 Å². The second-order valence-electron chi connectivity index (χ2n) is 4.11. The van der Waals surface area contributed by atoms with Crippen LogP contribution in [0.2, 0.25) is 0 Å². The molecule has 0 aliphatic carbocycles. The Kier molecular flexibility index (Phi) is 6.89. The normalized spacial score (nSPS) is 18.9. The van der Waals surface area contributed by atoms with Gasteiger partial charge in [0.05, 0.1) is 5.88 Å². The van der Waals surface area contributed by atoms with Gasteiger partial charge in [0.2, 0.25) is 0 Å². The van der Waals surface area contributed by atoms with E-state index in [9.17, 15) is 9.59 Å². The molecule has 0 spiro atoms. The Labute approximate surface area is 111 Å². The van der Waals surface area contributed by atoms with Crippen molar-refractivity contribution in [2.45, 2.75) is 25.3 Å². The van der Waals surface area contributed by atoms with E-state index >= 15 is 0 Å². The summed E-state index contributed by atoms with van der Waals surface area (Å²) >= 11 is 1.46. The minimum atomic E-state index is -0.935. The van der Waals surface area contributed by atoms with Gasteiger partial charge in [-0.05, 0) is 19.3 Å². The first-order valence-electron chi connectivity index (χ1n) is 6.00. The molecule has 1 saturated heterocycles. The van der Waals surface area contributed by atoms with Gasteiger partial charge in [-0.15, -0.1) is 11.8 Å². The van der Waals surface area contributed by atoms with E-state index in [0.717, 1.165) is 25.9 Å². The second-order valence-corrected chi connectivity index (χ2v) is 5.11. The molecule has 1 fully saturated rings. The zero-order valence-electron chi connectivity index (χ0n) is 10.6. The average molecular weight is 276 g/mol. The lowest BCUT2D eigenvalue weighted by Gasteiger charge is -2.20. The van der Waals surface area contributed by atoms with Crippen molar-refractivity contribution >= 4 is 23.8 Å². The Balaban J connectivity index is 2.18. The maximum atomic E-state index is 11.8. The summed E-state index contributed by atoms with van der Waals surface area (Å²) in [5.41, 5.74) is 0. The van der Waals surface area contributed by atoms with Crippen LogP contribution >= 0.6 is 11.8 Å². The number of unbranched alkanes of at least 4 members (excludes halogenated alkanes) is 2. The standard InChI is InChI=1S/C11H20N2O4S/c1-17-6-4-2-3-5-12-11(16)13-8-18-7-9(13)10(14)15/h9H,2-8H2,1H3,(H,12,16)(H,14,15)/t9-/m0/s1. The van der Waals surface area contributed by atoms with Gasteiger partial charge in [0, 0.05) is 26.0 Å². The summed E-state index contributed by atoms with van der Waals surface area (Å²) in [6.45, 7) is 1.31. The second kappa shape index (κ2) is 8.20. The fraction of sp³-hybridized carbons (Fsp3) is 0.818. The molecule has 1 aliphatic rings. The minimum absolute atomic E-state index is 0.279. The van der Waals surface area contributed by atoms with Crippen molar-refractivity contribution in [3.63, 3.8) is 0 Å². The average Bonchev–Trinajstić information content (AvgIpc) is 2.82. The molecule has 104 valence electrons. The van der Waals surface area contributed by atoms with Gasteiger partial charge in [-0.2, -0.15) is 0 Å². The van der Waals surface area contributed by atoms with Crippen LogP contribution in [0, 0.1) is 0 Å². The number of aliphatic carboxylic acids is 1. The van der Waals surface area contributed by atoms with Crippen molar-refractivity contribution < 1.29 is 19.4 Å². The quantitative estimate of drug-likeness (QED) is 0.677. The highest BCUT2D eigenvalue weighted by molar-refractivity contribution is 7.99. The van der Waals surface area contributed by atoms with E-state index < -0.39 is 12.0 Å². The molecule has 18 heavy (non-hydrogen) atoms. The third-order valence-corrected chi connectivity index (χ3v) is 3.74. The molecule has 1 aliphatic heterocycles. The summed E-state index contributed by atoms with van der Waals surface area (Å²) in [4.78, 5) is 24.1. The van der Waals surface area contributed by atoms with E-state index in [2.05, 4.69) is 5.32 Å². The van der Waals surface area contributed by atoms with Gasteiger partial charge in [-0.25, -0.2) is 9.59 Å². The number of carbonyl (C=O) groups is 2. The SMILES string of the molecule is COCCCCCNC(=O)N1CSC[C@H]1C(=O)O. The lowest BCUT2D eigenvalue weighted by atomic mass is 10.2. The van der Waals surface area contributed by atoms with Crippen molar-refractivity contribution in [3.05, 3.63) is 0 Å². The third kappa shape index (κ3) is 4.73. The molecule has 1 rings (SSSR count). The van der Waals surface area contributed by atoms with Gasteiger partial charge in [-0.1, -0.05) is 0 Å². The highest BCUT2D eigenvalue weighted by atomic mass is 32.2. The number of amides is 2. The highest BCUT2D eigenvalue weighted by Crippen LogP contribution is 2.20. The van der Waals surface area contributed by atoms with Crippen LogP contribution in [-0.4, -0.2) is 59.9 Å². The van der Waals surface area contributed by atoms with Gasteiger partial charge < -0.3 is 20.1 Å². The Morgan fingerprint density at radius 1 is 1.44 bits per heavy atom. The van der Waals surface area contributed by atoms with Crippen molar-refractivity contribution in [3.8, 4) is 0 Å². The molecule has 2 N–H and O–H groups in total. The number of nitrogens with one attached hydrogen (secondary N) is 1. The Morgan fingerprint density at radius 2 is 2.22 bits per heavy atom. The van der Waals surface area contributed by atoms with E-state index in [1.54, 1.807) is 7.11 Å². The van der Waals surface area contributed by atoms with Crippen molar-refractivity contribution in [1.29, 1.82) is 0 Å².